The molecule has 3 N–H and O–H groups in total. The SMILES string of the molecule is CNS(=O)(=O)c1ccc(NC(=O)NC23CC4CCCC(C4)(C2)C3)cc1. The first-order chi connectivity index (χ1) is 11.8. The number of hydrogen-bond acceptors (Lipinski definition) is 3. The number of nitrogens with one attached hydrogen (secondary N) is 3. The molecule has 5 rings (SSSR count). The van der Waals surface area contributed by atoms with Crippen molar-refractivity contribution in [1.29, 1.82) is 0 Å². The Kier molecular flexibility index (Phi) is 3.85. The maximum Gasteiger partial charge on any atom is 0.319 e. The van der Waals surface area contributed by atoms with Gasteiger partial charge < -0.3 is 10.6 Å². The molecule has 0 radical (unpaired) electrons. The number of rotatable bonds is 4. The van der Waals surface area contributed by atoms with Crippen LogP contribution in [0.1, 0.15) is 44.9 Å². The summed E-state index contributed by atoms with van der Waals surface area (Å²) in [4.78, 5) is 12.6. The first-order valence-corrected chi connectivity index (χ1v) is 10.4. The highest BCUT2D eigenvalue weighted by Gasteiger charge is 2.61. The van der Waals surface area contributed by atoms with Gasteiger partial charge >= 0.3 is 6.03 Å². The molecule has 136 valence electrons. The van der Waals surface area contributed by atoms with Crippen LogP contribution in [0.5, 0.6) is 0 Å². The minimum atomic E-state index is -3.46. The molecule has 0 heterocycles. The van der Waals surface area contributed by atoms with E-state index in [1.54, 1.807) is 12.1 Å². The summed E-state index contributed by atoms with van der Waals surface area (Å²) in [6.07, 6.45) is 8.63. The molecule has 0 saturated heterocycles. The zero-order valence-corrected chi connectivity index (χ0v) is 15.3. The van der Waals surface area contributed by atoms with Gasteiger partial charge in [0.25, 0.3) is 0 Å². The van der Waals surface area contributed by atoms with Gasteiger partial charge in [0.2, 0.25) is 10.0 Å². The third-order valence-corrected chi connectivity index (χ3v) is 7.65. The standard InChI is InChI=1S/C18H25N3O3S/c1-19-25(23,24)15-6-4-14(5-7-15)20-16(22)21-18-10-13-3-2-8-17(9-13,11-18)12-18/h4-7,13,19H,2-3,8-12H2,1H3,(H2,20,21,22). The van der Waals surface area contributed by atoms with E-state index in [0.29, 0.717) is 11.1 Å². The van der Waals surface area contributed by atoms with E-state index in [1.807, 2.05) is 0 Å². The molecular formula is C18H25N3O3S. The Balaban J connectivity index is 1.38. The number of carbonyl (C=O) groups is 1. The lowest BCUT2D eigenvalue weighted by atomic mass is 9.43. The fourth-order valence-electron chi connectivity index (χ4n) is 5.54. The molecule has 6 nitrogen and oxygen atoms in total. The summed E-state index contributed by atoms with van der Waals surface area (Å²) in [6, 6.07) is 6.00. The highest BCUT2D eigenvalue weighted by molar-refractivity contribution is 7.89. The molecule has 1 spiro atoms. The van der Waals surface area contributed by atoms with E-state index >= 15 is 0 Å². The first kappa shape index (κ1) is 16.8. The van der Waals surface area contributed by atoms with Crippen molar-refractivity contribution in [1.82, 2.24) is 10.0 Å². The van der Waals surface area contributed by atoms with Crippen LogP contribution in [0.15, 0.2) is 29.2 Å². The molecule has 1 unspecified atom stereocenters. The Morgan fingerprint density at radius 3 is 2.52 bits per heavy atom. The van der Waals surface area contributed by atoms with Crippen LogP contribution in [-0.4, -0.2) is 27.0 Å². The smallest absolute Gasteiger partial charge is 0.319 e. The van der Waals surface area contributed by atoms with Gasteiger partial charge in [0.05, 0.1) is 4.90 Å². The lowest BCUT2D eigenvalue weighted by Crippen LogP contribution is -2.67. The minimum absolute atomic E-state index is 0.0250. The van der Waals surface area contributed by atoms with Gasteiger partial charge in [0.1, 0.15) is 0 Å². The minimum Gasteiger partial charge on any atom is -0.332 e. The van der Waals surface area contributed by atoms with Crippen LogP contribution in [0.4, 0.5) is 10.5 Å². The van der Waals surface area contributed by atoms with Crippen LogP contribution in [0, 0.1) is 11.3 Å². The van der Waals surface area contributed by atoms with Crippen molar-refractivity contribution in [2.45, 2.75) is 55.4 Å². The summed E-state index contributed by atoms with van der Waals surface area (Å²) >= 11 is 0. The van der Waals surface area contributed by atoms with Gasteiger partial charge in [-0.05, 0) is 74.8 Å². The van der Waals surface area contributed by atoms with Crippen molar-refractivity contribution in [3.05, 3.63) is 24.3 Å². The largest absolute Gasteiger partial charge is 0.332 e. The third-order valence-electron chi connectivity index (χ3n) is 6.22. The van der Waals surface area contributed by atoms with E-state index in [1.165, 1.54) is 44.9 Å². The van der Waals surface area contributed by atoms with Gasteiger partial charge in [-0.3, -0.25) is 0 Å². The molecule has 25 heavy (non-hydrogen) atoms. The average molecular weight is 363 g/mol. The molecule has 1 aromatic carbocycles. The molecule has 0 aromatic heterocycles. The normalized spacial score (nSPS) is 33.2. The first-order valence-electron chi connectivity index (χ1n) is 8.97. The van der Waals surface area contributed by atoms with Gasteiger partial charge in [0.15, 0.2) is 0 Å². The van der Waals surface area contributed by atoms with Gasteiger partial charge in [-0.2, -0.15) is 0 Å². The van der Waals surface area contributed by atoms with Gasteiger partial charge in [-0.25, -0.2) is 17.9 Å². The monoisotopic (exact) mass is 363 g/mol. The van der Waals surface area contributed by atoms with Crippen LogP contribution in [0.25, 0.3) is 0 Å². The van der Waals surface area contributed by atoms with Gasteiger partial charge in [-0.1, -0.05) is 12.8 Å². The maximum absolute atomic E-state index is 12.4. The van der Waals surface area contributed by atoms with Crippen molar-refractivity contribution < 1.29 is 13.2 Å². The number of anilines is 1. The van der Waals surface area contributed by atoms with Crippen molar-refractivity contribution >= 4 is 21.7 Å². The van der Waals surface area contributed by atoms with Crippen molar-refractivity contribution in [2.24, 2.45) is 11.3 Å². The predicted molar refractivity (Wildman–Crippen MR) is 95.8 cm³/mol. The van der Waals surface area contributed by atoms with E-state index in [2.05, 4.69) is 15.4 Å². The molecule has 2 amide bonds. The average Bonchev–Trinajstić information content (AvgIpc) is 2.53. The molecule has 4 saturated carbocycles. The Labute approximate surface area is 148 Å². The summed E-state index contributed by atoms with van der Waals surface area (Å²) in [7, 11) is -2.08. The summed E-state index contributed by atoms with van der Waals surface area (Å²) in [5, 5.41) is 6.04. The molecule has 4 aliphatic rings. The zero-order valence-electron chi connectivity index (χ0n) is 14.5. The van der Waals surface area contributed by atoms with Gasteiger partial charge in [-0.15, -0.1) is 0 Å². The van der Waals surface area contributed by atoms with Crippen molar-refractivity contribution in [3.63, 3.8) is 0 Å². The highest BCUT2D eigenvalue weighted by atomic mass is 32.2. The van der Waals surface area contributed by atoms with Crippen molar-refractivity contribution in [2.75, 3.05) is 12.4 Å². The van der Waals surface area contributed by atoms with Crippen LogP contribution in [0.2, 0.25) is 0 Å². The zero-order chi connectivity index (χ0) is 17.7. The van der Waals surface area contributed by atoms with Crippen LogP contribution in [0.3, 0.4) is 0 Å². The third kappa shape index (κ3) is 3.04. The number of hydrogen-bond donors (Lipinski definition) is 3. The van der Waals surface area contributed by atoms with E-state index < -0.39 is 10.0 Å². The predicted octanol–water partition coefficient (Wildman–Crippen LogP) is 2.83. The molecule has 1 atom stereocenters. The number of sulfonamides is 1. The lowest BCUT2D eigenvalue weighted by Gasteiger charge is -2.65. The highest BCUT2D eigenvalue weighted by Crippen LogP contribution is 2.65. The molecule has 7 heteroatoms. The molecule has 4 aliphatic carbocycles. The summed E-state index contributed by atoms with van der Waals surface area (Å²) in [5.74, 6) is 0.766. The fourth-order valence-corrected chi connectivity index (χ4v) is 6.27. The molecular weight excluding hydrogens is 338 g/mol. The van der Waals surface area contributed by atoms with Crippen LogP contribution in [-0.2, 0) is 10.0 Å². The lowest BCUT2D eigenvalue weighted by molar-refractivity contribution is -0.102. The summed E-state index contributed by atoms with van der Waals surface area (Å²) in [6.45, 7) is 0. The number of carbonyl (C=O) groups excluding carboxylic acids is 1. The number of amides is 2. The number of urea groups is 1. The van der Waals surface area contributed by atoms with Crippen LogP contribution >= 0.6 is 0 Å². The Bertz CT molecular complexity index is 777. The maximum atomic E-state index is 12.4. The Morgan fingerprint density at radius 2 is 1.88 bits per heavy atom. The fraction of sp³-hybridized carbons (Fsp3) is 0.611. The summed E-state index contributed by atoms with van der Waals surface area (Å²) in [5.41, 5.74) is 1.06. The molecule has 4 fully saturated rings. The summed E-state index contributed by atoms with van der Waals surface area (Å²) < 4.78 is 25.7. The second-order valence-corrected chi connectivity index (χ2v) is 10.00. The number of benzene rings is 1. The van der Waals surface area contributed by atoms with Gasteiger partial charge in [0, 0.05) is 11.2 Å². The second kappa shape index (κ2) is 5.71. The molecule has 0 aliphatic heterocycles. The molecule has 3 bridgehead atoms. The van der Waals surface area contributed by atoms with E-state index in [4.69, 9.17) is 0 Å². The quantitative estimate of drug-likeness (QED) is 0.769. The molecule has 1 aromatic rings. The Hall–Kier alpha value is -1.60. The second-order valence-electron chi connectivity index (χ2n) is 8.11. The van der Waals surface area contributed by atoms with Crippen molar-refractivity contribution in [3.8, 4) is 0 Å². The van der Waals surface area contributed by atoms with E-state index in [0.717, 1.165) is 25.2 Å². The Morgan fingerprint density at radius 1 is 1.16 bits per heavy atom. The van der Waals surface area contributed by atoms with E-state index in [-0.39, 0.29) is 16.5 Å². The topological polar surface area (TPSA) is 87.3 Å². The van der Waals surface area contributed by atoms with Crippen LogP contribution < -0.4 is 15.4 Å². The van der Waals surface area contributed by atoms with E-state index in [9.17, 15) is 13.2 Å².